The van der Waals surface area contributed by atoms with E-state index in [1.54, 1.807) is 6.20 Å². The Morgan fingerprint density at radius 2 is 1.63 bits per heavy atom. The highest BCUT2D eigenvalue weighted by Gasteiger charge is 2.44. The molecule has 0 amide bonds. The highest BCUT2D eigenvalue weighted by molar-refractivity contribution is 5.84. The number of benzene rings is 2. The van der Waals surface area contributed by atoms with E-state index in [1.807, 2.05) is 36.4 Å². The van der Waals surface area contributed by atoms with Crippen LogP contribution in [-0.2, 0) is 12.4 Å². The van der Waals surface area contributed by atoms with Crippen LogP contribution in [-0.4, -0.2) is 29.0 Å². The summed E-state index contributed by atoms with van der Waals surface area (Å²) in [6, 6.07) is 9.52. The number of rotatable bonds is 7. The van der Waals surface area contributed by atoms with Crippen molar-refractivity contribution < 1.29 is 26.3 Å². The maximum Gasteiger partial charge on any atom is 0.416 e. The molecule has 3 aliphatic rings. The molecule has 3 saturated heterocycles. The topological polar surface area (TPSA) is 74.3 Å². The lowest BCUT2D eigenvalue weighted by Crippen LogP contribution is -2.56. The minimum absolute atomic E-state index is 0.000122. The number of nitrogens with one attached hydrogen (secondary N) is 2. The zero-order valence-electron chi connectivity index (χ0n) is 22.6. The molecule has 4 heterocycles. The predicted molar refractivity (Wildman–Crippen MR) is 151 cm³/mol. The van der Waals surface area contributed by atoms with Gasteiger partial charge in [-0.25, -0.2) is 0 Å². The lowest BCUT2D eigenvalue weighted by molar-refractivity contribution is -0.143. The number of pyridine rings is 1. The van der Waals surface area contributed by atoms with Gasteiger partial charge in [0.25, 0.3) is 10.9 Å². The van der Waals surface area contributed by atoms with Crippen molar-refractivity contribution in [3.05, 3.63) is 105 Å². The van der Waals surface area contributed by atoms with Gasteiger partial charge in [-0.2, -0.15) is 26.3 Å². The Bertz CT molecular complexity index is 1740. The fourth-order valence-corrected chi connectivity index (χ4v) is 6.47. The van der Waals surface area contributed by atoms with Gasteiger partial charge in [-0.15, -0.1) is 6.58 Å². The molecule has 3 aliphatic heterocycles. The molecule has 12 heteroatoms. The maximum atomic E-state index is 13.4. The van der Waals surface area contributed by atoms with Gasteiger partial charge < -0.3 is 10.6 Å². The van der Waals surface area contributed by atoms with Gasteiger partial charge in [0, 0.05) is 29.9 Å². The number of piperidine rings is 3. The number of hydrogen-bond acceptors (Lipinski definition) is 6. The number of para-hydroxylation sites is 1. The minimum atomic E-state index is -5.07. The summed E-state index contributed by atoms with van der Waals surface area (Å²) in [5, 5.41) is 6.40. The van der Waals surface area contributed by atoms with Crippen molar-refractivity contribution in [3.63, 3.8) is 0 Å². The molecule has 43 heavy (non-hydrogen) atoms. The molecule has 7 rings (SSSR count). The summed E-state index contributed by atoms with van der Waals surface area (Å²) in [6.45, 7) is 5.52. The normalized spacial score (nSPS) is 22.9. The molecule has 2 bridgehead atoms. The monoisotopic (exact) mass is 600 g/mol. The van der Waals surface area contributed by atoms with Gasteiger partial charge >= 0.3 is 12.4 Å². The molecule has 224 valence electrons. The second-order valence-electron chi connectivity index (χ2n) is 11.1. The van der Waals surface area contributed by atoms with Crippen LogP contribution in [0.1, 0.15) is 35.6 Å². The van der Waals surface area contributed by atoms with Gasteiger partial charge in [0.2, 0.25) is 0 Å². The molecule has 3 fully saturated rings. The highest BCUT2D eigenvalue weighted by atomic mass is 19.4. The molecule has 0 saturated carbocycles. The Morgan fingerprint density at radius 1 is 0.953 bits per heavy atom. The molecular weight excluding hydrogens is 574 g/mol. The molecule has 4 aromatic rings. The fraction of sp³-hybridized carbons (Fsp3) is 0.323. The molecule has 2 N–H and O–H groups in total. The highest BCUT2D eigenvalue weighted by Crippen LogP contribution is 2.44. The first-order valence-electron chi connectivity index (χ1n) is 13.7. The van der Waals surface area contributed by atoms with E-state index in [-0.39, 0.29) is 23.5 Å². The van der Waals surface area contributed by atoms with Gasteiger partial charge in [-0.3, -0.25) is 19.5 Å². The Kier molecular flexibility index (Phi) is 7.07. The summed E-state index contributed by atoms with van der Waals surface area (Å²) in [4.78, 5) is 32.3. The van der Waals surface area contributed by atoms with Crippen molar-refractivity contribution in [1.29, 1.82) is 0 Å². The van der Waals surface area contributed by atoms with E-state index in [0.29, 0.717) is 29.5 Å². The largest absolute Gasteiger partial charge is 0.416 e. The first-order valence-corrected chi connectivity index (χ1v) is 13.7. The van der Waals surface area contributed by atoms with Crippen LogP contribution < -0.4 is 21.5 Å². The maximum absolute atomic E-state index is 13.4. The van der Waals surface area contributed by atoms with Crippen molar-refractivity contribution >= 4 is 28.0 Å². The molecule has 1 aromatic heterocycles. The Labute approximate surface area is 241 Å². The number of alkyl halides is 6. The van der Waals surface area contributed by atoms with Crippen molar-refractivity contribution in [1.82, 2.24) is 9.88 Å². The van der Waals surface area contributed by atoms with Crippen LogP contribution in [0.25, 0.3) is 10.9 Å². The Balaban J connectivity index is 1.41. The van der Waals surface area contributed by atoms with Gasteiger partial charge in [0.15, 0.2) is 0 Å². The van der Waals surface area contributed by atoms with Crippen LogP contribution in [0.4, 0.5) is 43.4 Å². The third kappa shape index (κ3) is 5.28. The number of nitrogens with zero attached hydrogens (tertiary/aromatic N) is 2. The van der Waals surface area contributed by atoms with Crippen molar-refractivity contribution in [2.24, 2.45) is 11.8 Å². The molecule has 0 radical (unpaired) electrons. The summed E-state index contributed by atoms with van der Waals surface area (Å²) in [7, 11) is 0. The first-order chi connectivity index (χ1) is 20.3. The van der Waals surface area contributed by atoms with E-state index in [2.05, 4.69) is 27.1 Å². The quantitative estimate of drug-likeness (QED) is 0.140. The summed E-state index contributed by atoms with van der Waals surface area (Å²) >= 11 is 0. The van der Waals surface area contributed by atoms with Crippen LogP contribution in [0.3, 0.4) is 0 Å². The second-order valence-corrected chi connectivity index (χ2v) is 11.1. The smallest absolute Gasteiger partial charge is 0.372 e. The Morgan fingerprint density at radius 3 is 2.26 bits per heavy atom. The van der Waals surface area contributed by atoms with E-state index in [9.17, 15) is 35.9 Å². The molecule has 6 nitrogen and oxygen atoms in total. The van der Waals surface area contributed by atoms with E-state index < -0.39 is 46.1 Å². The first kappa shape index (κ1) is 28.9. The minimum Gasteiger partial charge on any atom is -0.372 e. The summed E-state index contributed by atoms with van der Waals surface area (Å²) in [5.74, 6) is 0.646. The average Bonchev–Trinajstić information content (AvgIpc) is 2.99. The molecule has 0 aliphatic carbocycles. The van der Waals surface area contributed by atoms with E-state index >= 15 is 0 Å². The lowest BCUT2D eigenvalue weighted by atomic mass is 9.73. The van der Waals surface area contributed by atoms with E-state index in [4.69, 9.17) is 0 Å². The van der Waals surface area contributed by atoms with Crippen molar-refractivity contribution in [3.8, 4) is 0 Å². The molecule has 0 spiro atoms. The van der Waals surface area contributed by atoms with Crippen molar-refractivity contribution in [2.45, 2.75) is 37.3 Å². The third-order valence-corrected chi connectivity index (χ3v) is 8.62. The zero-order chi connectivity index (χ0) is 30.7. The molecule has 5 unspecified atom stereocenters. The van der Waals surface area contributed by atoms with Crippen LogP contribution in [0.5, 0.6) is 0 Å². The summed E-state index contributed by atoms with van der Waals surface area (Å²) < 4.78 is 80.7. The Hall–Kier alpha value is -4.19. The SMILES string of the molecule is C=CC1CN2CCC1CC2C(Nc1c(Nc2cc(C(F)(F)F)cc(C(F)(F)F)c2)c(=O)c1=O)c1ccnc2ccccc12. The number of halogens is 6. The molecule has 3 aromatic carbocycles. The zero-order valence-corrected chi connectivity index (χ0v) is 22.6. The standard InChI is InChI=1S/C31H26F6N4O2/c1-2-16-15-41-10-8-17(16)11-24(41)25(22-7-9-38-23-6-4-3-5-21(22)23)40-27-26(28(42)29(27)43)39-20-13-18(30(32,33)34)12-19(14-20)31(35,36)37/h2-7,9,12-14,16-17,24-25,39-40H,1,8,10-11,15H2. The fourth-order valence-electron chi connectivity index (χ4n) is 6.47. The van der Waals surface area contributed by atoms with Gasteiger partial charge in [-0.1, -0.05) is 24.3 Å². The molecule has 5 atom stereocenters. The number of fused-ring (bicyclic) bond motifs is 4. The summed E-state index contributed by atoms with van der Waals surface area (Å²) in [6.07, 6.45) is -4.83. The second kappa shape index (κ2) is 10.5. The molecular formula is C31H26F6N4O2. The average molecular weight is 601 g/mol. The van der Waals surface area contributed by atoms with Gasteiger partial charge in [-0.05, 0) is 67.1 Å². The van der Waals surface area contributed by atoms with Gasteiger partial charge in [0.1, 0.15) is 11.4 Å². The number of aromatic nitrogens is 1. The van der Waals surface area contributed by atoms with Crippen molar-refractivity contribution in [2.75, 3.05) is 23.7 Å². The van der Waals surface area contributed by atoms with Crippen LogP contribution in [0.2, 0.25) is 0 Å². The van der Waals surface area contributed by atoms with E-state index in [1.165, 1.54) is 0 Å². The third-order valence-electron chi connectivity index (χ3n) is 8.62. The van der Waals surface area contributed by atoms with Crippen LogP contribution >= 0.6 is 0 Å². The predicted octanol–water partition coefficient (Wildman–Crippen LogP) is 6.66. The van der Waals surface area contributed by atoms with Crippen LogP contribution in [0, 0.1) is 11.8 Å². The van der Waals surface area contributed by atoms with Crippen LogP contribution in [0.15, 0.2) is 77.0 Å². The van der Waals surface area contributed by atoms with Gasteiger partial charge in [0.05, 0.1) is 22.7 Å². The summed E-state index contributed by atoms with van der Waals surface area (Å²) in [5.41, 5.74) is -4.71. The number of anilines is 3. The van der Waals surface area contributed by atoms with E-state index in [0.717, 1.165) is 36.9 Å². The number of hydrogen-bond donors (Lipinski definition) is 2. The lowest BCUT2D eigenvalue weighted by Gasteiger charge is -2.52.